The molecule has 0 radical (unpaired) electrons. The van der Waals surface area contributed by atoms with Crippen molar-refractivity contribution in [2.75, 3.05) is 38.8 Å². The highest BCUT2D eigenvalue weighted by Gasteiger charge is 2.27. The SMILES string of the molecule is CCCCOP(=O)(CCCCP(=O)(OCCCC)OCCCC)OCCCC. The topological polar surface area (TPSA) is 71.1 Å². The van der Waals surface area contributed by atoms with Gasteiger partial charge in [-0.15, -0.1) is 0 Å². The fraction of sp³-hybridized carbons (Fsp3) is 1.00. The van der Waals surface area contributed by atoms with Crippen LogP contribution in [-0.4, -0.2) is 38.8 Å². The first kappa shape index (κ1) is 28.3. The Morgan fingerprint density at radius 3 is 0.929 bits per heavy atom. The summed E-state index contributed by atoms with van der Waals surface area (Å²) in [5.41, 5.74) is 0. The van der Waals surface area contributed by atoms with Gasteiger partial charge in [-0.1, -0.05) is 53.4 Å². The Labute approximate surface area is 173 Å². The highest BCUT2D eigenvalue weighted by molar-refractivity contribution is 7.54. The van der Waals surface area contributed by atoms with Gasteiger partial charge < -0.3 is 18.1 Å². The second kappa shape index (κ2) is 18.1. The van der Waals surface area contributed by atoms with Crippen LogP contribution in [0.4, 0.5) is 0 Å². The van der Waals surface area contributed by atoms with E-state index < -0.39 is 15.2 Å². The van der Waals surface area contributed by atoms with Gasteiger partial charge in [-0.05, 0) is 38.5 Å². The van der Waals surface area contributed by atoms with E-state index in [-0.39, 0.29) is 0 Å². The van der Waals surface area contributed by atoms with E-state index in [0.29, 0.717) is 51.6 Å². The van der Waals surface area contributed by atoms with E-state index in [1.54, 1.807) is 0 Å². The molecular formula is C20H44O6P2. The molecule has 0 N–H and O–H groups in total. The Kier molecular flexibility index (Phi) is 18.3. The maximum atomic E-state index is 12.9. The molecule has 0 saturated heterocycles. The standard InChI is InChI=1S/C20H44O6P2/c1-5-9-15-23-27(21,24-16-10-6-2)19-13-14-20-28(22,25-17-11-7-3)26-18-12-8-4/h5-20H2,1-4H3. The minimum Gasteiger partial charge on any atom is -0.309 e. The molecular weight excluding hydrogens is 398 g/mol. The van der Waals surface area contributed by atoms with Gasteiger partial charge in [-0.25, -0.2) is 0 Å². The van der Waals surface area contributed by atoms with Gasteiger partial charge in [-0.2, -0.15) is 0 Å². The Hall–Kier alpha value is 0.300. The van der Waals surface area contributed by atoms with Crippen molar-refractivity contribution in [2.45, 2.75) is 91.9 Å². The Morgan fingerprint density at radius 1 is 0.464 bits per heavy atom. The van der Waals surface area contributed by atoms with Gasteiger partial charge >= 0.3 is 15.2 Å². The van der Waals surface area contributed by atoms with E-state index >= 15 is 0 Å². The molecule has 0 rings (SSSR count). The molecule has 170 valence electrons. The molecule has 0 bridgehead atoms. The van der Waals surface area contributed by atoms with Crippen LogP contribution in [0.3, 0.4) is 0 Å². The van der Waals surface area contributed by atoms with Crippen molar-refractivity contribution in [1.82, 2.24) is 0 Å². The summed E-state index contributed by atoms with van der Waals surface area (Å²) in [6, 6.07) is 0. The molecule has 0 aromatic rings. The van der Waals surface area contributed by atoms with Crippen LogP contribution in [0.15, 0.2) is 0 Å². The summed E-state index contributed by atoms with van der Waals surface area (Å²) in [6.45, 7) is 10.1. The molecule has 0 fully saturated rings. The summed E-state index contributed by atoms with van der Waals surface area (Å²) >= 11 is 0. The summed E-state index contributed by atoms with van der Waals surface area (Å²) < 4.78 is 48.3. The zero-order valence-electron chi connectivity index (χ0n) is 18.7. The third-order valence-electron chi connectivity index (χ3n) is 4.26. The molecule has 0 aliphatic rings. The molecule has 0 heterocycles. The zero-order valence-corrected chi connectivity index (χ0v) is 20.4. The maximum Gasteiger partial charge on any atom is 0.330 e. The lowest BCUT2D eigenvalue weighted by molar-refractivity contribution is 0.196. The maximum absolute atomic E-state index is 12.9. The summed E-state index contributed by atoms with van der Waals surface area (Å²) in [6.07, 6.45) is 9.37. The van der Waals surface area contributed by atoms with Crippen molar-refractivity contribution in [3.05, 3.63) is 0 Å². The number of hydrogen-bond acceptors (Lipinski definition) is 6. The van der Waals surface area contributed by atoms with E-state index in [2.05, 4.69) is 27.7 Å². The summed E-state index contributed by atoms with van der Waals surface area (Å²) in [5, 5.41) is 0. The first-order valence-electron chi connectivity index (χ1n) is 11.2. The summed E-state index contributed by atoms with van der Waals surface area (Å²) in [4.78, 5) is 0. The molecule has 0 aliphatic carbocycles. The lowest BCUT2D eigenvalue weighted by atomic mass is 10.4. The number of unbranched alkanes of at least 4 members (excludes halogenated alkanes) is 5. The van der Waals surface area contributed by atoms with Crippen LogP contribution in [0.2, 0.25) is 0 Å². The molecule has 0 unspecified atom stereocenters. The Balaban J connectivity index is 4.52. The van der Waals surface area contributed by atoms with Crippen molar-refractivity contribution in [3.8, 4) is 0 Å². The van der Waals surface area contributed by atoms with Crippen LogP contribution in [0.1, 0.15) is 91.9 Å². The normalized spacial score (nSPS) is 12.6. The quantitative estimate of drug-likeness (QED) is 0.136. The molecule has 0 saturated carbocycles. The lowest BCUT2D eigenvalue weighted by Crippen LogP contribution is -2.06. The molecule has 0 amide bonds. The van der Waals surface area contributed by atoms with Crippen LogP contribution in [0.5, 0.6) is 0 Å². The largest absolute Gasteiger partial charge is 0.330 e. The second-order valence-electron chi connectivity index (χ2n) is 7.12. The first-order chi connectivity index (χ1) is 13.4. The minimum absolute atomic E-state index is 0.352. The average molecular weight is 443 g/mol. The van der Waals surface area contributed by atoms with Crippen molar-refractivity contribution in [2.24, 2.45) is 0 Å². The highest BCUT2D eigenvalue weighted by Crippen LogP contribution is 2.52. The van der Waals surface area contributed by atoms with Crippen LogP contribution in [-0.2, 0) is 27.2 Å². The van der Waals surface area contributed by atoms with E-state index in [1.165, 1.54) is 0 Å². The van der Waals surface area contributed by atoms with Crippen molar-refractivity contribution >= 4 is 15.2 Å². The van der Waals surface area contributed by atoms with Gasteiger partial charge in [0, 0.05) is 0 Å². The third kappa shape index (κ3) is 15.2. The molecule has 0 aliphatic heterocycles. The fourth-order valence-electron chi connectivity index (χ4n) is 2.34. The van der Waals surface area contributed by atoms with Gasteiger partial charge in [0.15, 0.2) is 0 Å². The fourth-order valence-corrected chi connectivity index (χ4v) is 5.85. The monoisotopic (exact) mass is 442 g/mol. The van der Waals surface area contributed by atoms with Gasteiger partial charge in [-0.3, -0.25) is 9.13 Å². The predicted molar refractivity (Wildman–Crippen MR) is 118 cm³/mol. The predicted octanol–water partition coefficient (Wildman–Crippen LogP) is 7.42. The second-order valence-corrected chi connectivity index (χ2v) is 11.5. The molecule has 28 heavy (non-hydrogen) atoms. The summed E-state index contributed by atoms with van der Waals surface area (Å²) in [7, 11) is -6.17. The molecule has 8 heteroatoms. The molecule has 0 aromatic carbocycles. The number of rotatable bonds is 21. The number of hydrogen-bond donors (Lipinski definition) is 0. The molecule has 6 nitrogen and oxygen atoms in total. The van der Waals surface area contributed by atoms with Gasteiger partial charge in [0.05, 0.1) is 38.8 Å². The van der Waals surface area contributed by atoms with Crippen molar-refractivity contribution in [3.63, 3.8) is 0 Å². The highest BCUT2D eigenvalue weighted by atomic mass is 31.2. The smallest absolute Gasteiger partial charge is 0.309 e. The van der Waals surface area contributed by atoms with E-state index in [4.69, 9.17) is 18.1 Å². The van der Waals surface area contributed by atoms with Crippen molar-refractivity contribution in [1.29, 1.82) is 0 Å². The lowest BCUT2D eigenvalue weighted by Gasteiger charge is -2.20. The zero-order chi connectivity index (χ0) is 21.1. The van der Waals surface area contributed by atoms with Crippen LogP contribution < -0.4 is 0 Å². The Bertz CT molecular complexity index is 376. The van der Waals surface area contributed by atoms with Gasteiger partial charge in [0.1, 0.15) is 0 Å². The van der Waals surface area contributed by atoms with E-state index in [0.717, 1.165) is 51.4 Å². The van der Waals surface area contributed by atoms with Gasteiger partial charge in [0.25, 0.3) is 0 Å². The van der Waals surface area contributed by atoms with Crippen LogP contribution in [0.25, 0.3) is 0 Å². The molecule has 0 atom stereocenters. The van der Waals surface area contributed by atoms with Crippen LogP contribution >= 0.6 is 15.2 Å². The van der Waals surface area contributed by atoms with Gasteiger partial charge in [0.2, 0.25) is 0 Å². The first-order valence-corrected chi connectivity index (χ1v) is 14.7. The van der Waals surface area contributed by atoms with Crippen molar-refractivity contribution < 1.29 is 27.2 Å². The molecule has 0 aromatic heterocycles. The van der Waals surface area contributed by atoms with E-state index in [1.807, 2.05) is 0 Å². The molecule has 0 spiro atoms. The minimum atomic E-state index is -3.08. The van der Waals surface area contributed by atoms with E-state index in [9.17, 15) is 9.13 Å². The third-order valence-corrected chi connectivity index (χ3v) is 8.29. The Morgan fingerprint density at radius 2 is 0.714 bits per heavy atom. The van der Waals surface area contributed by atoms with Crippen LogP contribution in [0, 0.1) is 0 Å². The summed E-state index contributed by atoms with van der Waals surface area (Å²) in [5.74, 6) is 0. The average Bonchev–Trinajstić information content (AvgIpc) is 2.66.